The molecule has 1 saturated heterocycles. The molecule has 1 N–H and O–H groups in total. The number of aryl methyl sites for hydroxylation is 1. The average Bonchev–Trinajstić information content (AvgIpc) is 2.84. The summed E-state index contributed by atoms with van der Waals surface area (Å²) in [5, 5.41) is 7.16. The lowest BCUT2D eigenvalue weighted by Gasteiger charge is -2.08. The SMILES string of the molecule is Cc1cc(CNCCC2CCCO2)on1. The van der Waals surface area contributed by atoms with E-state index in [9.17, 15) is 0 Å². The van der Waals surface area contributed by atoms with Crippen molar-refractivity contribution in [2.75, 3.05) is 13.2 Å². The lowest BCUT2D eigenvalue weighted by Crippen LogP contribution is -2.19. The van der Waals surface area contributed by atoms with E-state index in [4.69, 9.17) is 9.26 Å². The molecule has 4 nitrogen and oxygen atoms in total. The van der Waals surface area contributed by atoms with Gasteiger partial charge in [-0.05, 0) is 32.7 Å². The quantitative estimate of drug-likeness (QED) is 0.750. The van der Waals surface area contributed by atoms with Crippen molar-refractivity contribution in [3.8, 4) is 0 Å². The van der Waals surface area contributed by atoms with Crippen LogP contribution in [0.1, 0.15) is 30.7 Å². The highest BCUT2D eigenvalue weighted by atomic mass is 16.5. The van der Waals surface area contributed by atoms with Crippen molar-refractivity contribution in [2.45, 2.75) is 38.8 Å². The summed E-state index contributed by atoms with van der Waals surface area (Å²) in [6, 6.07) is 1.96. The van der Waals surface area contributed by atoms with E-state index in [0.29, 0.717) is 6.10 Å². The summed E-state index contributed by atoms with van der Waals surface area (Å²) in [5.74, 6) is 0.903. The molecule has 0 spiro atoms. The van der Waals surface area contributed by atoms with Gasteiger partial charge in [0.25, 0.3) is 0 Å². The lowest BCUT2D eigenvalue weighted by atomic mass is 10.2. The molecule has 1 aliphatic rings. The van der Waals surface area contributed by atoms with Gasteiger partial charge in [0.2, 0.25) is 0 Å². The molecule has 0 amide bonds. The Bertz CT molecular complexity index is 293. The Morgan fingerprint density at radius 3 is 3.20 bits per heavy atom. The van der Waals surface area contributed by atoms with Crippen LogP contribution < -0.4 is 5.32 Å². The molecule has 1 unspecified atom stereocenters. The molecule has 84 valence electrons. The first-order valence-corrected chi connectivity index (χ1v) is 5.59. The molecule has 0 saturated carbocycles. The summed E-state index contributed by atoms with van der Waals surface area (Å²) >= 11 is 0. The Morgan fingerprint density at radius 2 is 2.53 bits per heavy atom. The number of rotatable bonds is 5. The van der Waals surface area contributed by atoms with Crippen molar-refractivity contribution >= 4 is 0 Å². The van der Waals surface area contributed by atoms with Gasteiger partial charge < -0.3 is 14.6 Å². The molecule has 15 heavy (non-hydrogen) atoms. The third-order valence-corrected chi connectivity index (χ3v) is 2.64. The maximum atomic E-state index is 5.53. The number of aromatic nitrogens is 1. The van der Waals surface area contributed by atoms with Crippen molar-refractivity contribution < 1.29 is 9.26 Å². The van der Waals surface area contributed by atoms with E-state index in [1.807, 2.05) is 13.0 Å². The van der Waals surface area contributed by atoms with Crippen molar-refractivity contribution in [3.05, 3.63) is 17.5 Å². The Kier molecular flexibility index (Phi) is 3.75. The van der Waals surface area contributed by atoms with Crippen LogP contribution in [-0.2, 0) is 11.3 Å². The van der Waals surface area contributed by atoms with E-state index in [1.54, 1.807) is 0 Å². The summed E-state index contributed by atoms with van der Waals surface area (Å²) in [7, 11) is 0. The molecule has 1 atom stereocenters. The van der Waals surface area contributed by atoms with Crippen LogP contribution in [0.5, 0.6) is 0 Å². The van der Waals surface area contributed by atoms with E-state index in [-0.39, 0.29) is 0 Å². The summed E-state index contributed by atoms with van der Waals surface area (Å²) in [4.78, 5) is 0. The molecule has 0 aliphatic carbocycles. The van der Waals surface area contributed by atoms with Crippen LogP contribution >= 0.6 is 0 Å². The van der Waals surface area contributed by atoms with Gasteiger partial charge in [0, 0.05) is 12.7 Å². The topological polar surface area (TPSA) is 47.3 Å². The molecule has 1 fully saturated rings. The summed E-state index contributed by atoms with van der Waals surface area (Å²) in [6.45, 7) is 4.60. The molecule has 2 rings (SSSR count). The van der Waals surface area contributed by atoms with Crippen LogP contribution in [0.15, 0.2) is 10.6 Å². The van der Waals surface area contributed by atoms with Crippen LogP contribution in [0.4, 0.5) is 0 Å². The van der Waals surface area contributed by atoms with Gasteiger partial charge in [-0.15, -0.1) is 0 Å². The van der Waals surface area contributed by atoms with Gasteiger partial charge in [-0.2, -0.15) is 0 Å². The van der Waals surface area contributed by atoms with E-state index in [2.05, 4.69) is 10.5 Å². The van der Waals surface area contributed by atoms with Crippen molar-refractivity contribution in [1.82, 2.24) is 10.5 Å². The largest absolute Gasteiger partial charge is 0.378 e. The van der Waals surface area contributed by atoms with Gasteiger partial charge in [0.05, 0.1) is 18.3 Å². The highest BCUT2D eigenvalue weighted by molar-refractivity contribution is 5.02. The first-order valence-electron chi connectivity index (χ1n) is 5.59. The van der Waals surface area contributed by atoms with Crippen LogP contribution in [0, 0.1) is 6.92 Å². The lowest BCUT2D eigenvalue weighted by molar-refractivity contribution is 0.104. The molecule has 0 aromatic carbocycles. The summed E-state index contributed by atoms with van der Waals surface area (Å²) in [5.41, 5.74) is 0.936. The van der Waals surface area contributed by atoms with Gasteiger partial charge in [-0.25, -0.2) is 0 Å². The highest BCUT2D eigenvalue weighted by Crippen LogP contribution is 2.14. The third-order valence-electron chi connectivity index (χ3n) is 2.64. The maximum Gasteiger partial charge on any atom is 0.150 e. The van der Waals surface area contributed by atoms with E-state index < -0.39 is 0 Å². The van der Waals surface area contributed by atoms with Crippen molar-refractivity contribution in [1.29, 1.82) is 0 Å². The van der Waals surface area contributed by atoms with Crippen LogP contribution in [0.25, 0.3) is 0 Å². The highest BCUT2D eigenvalue weighted by Gasteiger charge is 2.14. The Morgan fingerprint density at radius 1 is 1.60 bits per heavy atom. The van der Waals surface area contributed by atoms with E-state index in [0.717, 1.165) is 37.6 Å². The zero-order valence-electron chi connectivity index (χ0n) is 9.16. The Balaban J connectivity index is 1.58. The molecular weight excluding hydrogens is 192 g/mol. The third kappa shape index (κ3) is 3.32. The first-order chi connectivity index (χ1) is 7.34. The number of hydrogen-bond donors (Lipinski definition) is 1. The second kappa shape index (κ2) is 5.28. The Hall–Kier alpha value is -0.870. The summed E-state index contributed by atoms with van der Waals surface area (Å²) in [6.07, 6.45) is 3.98. The number of nitrogens with zero attached hydrogens (tertiary/aromatic N) is 1. The average molecular weight is 210 g/mol. The maximum absolute atomic E-state index is 5.53. The van der Waals surface area contributed by atoms with Crippen LogP contribution in [0.3, 0.4) is 0 Å². The molecule has 0 bridgehead atoms. The minimum Gasteiger partial charge on any atom is -0.378 e. The van der Waals surface area contributed by atoms with Gasteiger partial charge in [0.1, 0.15) is 0 Å². The predicted octanol–water partition coefficient (Wildman–Crippen LogP) is 1.64. The van der Waals surface area contributed by atoms with Crippen molar-refractivity contribution in [2.24, 2.45) is 0 Å². The van der Waals surface area contributed by atoms with E-state index in [1.165, 1.54) is 12.8 Å². The zero-order valence-corrected chi connectivity index (χ0v) is 9.16. The van der Waals surface area contributed by atoms with Crippen LogP contribution in [-0.4, -0.2) is 24.4 Å². The second-order valence-electron chi connectivity index (χ2n) is 4.04. The molecule has 1 aliphatic heterocycles. The smallest absolute Gasteiger partial charge is 0.150 e. The molecule has 1 aromatic rings. The second-order valence-corrected chi connectivity index (χ2v) is 4.04. The Labute approximate surface area is 90.0 Å². The number of hydrogen-bond acceptors (Lipinski definition) is 4. The molecule has 4 heteroatoms. The fourth-order valence-corrected chi connectivity index (χ4v) is 1.85. The standard InChI is InChI=1S/C11H18N2O2/c1-9-7-11(15-13-9)8-12-5-4-10-3-2-6-14-10/h7,10,12H,2-6,8H2,1H3. The van der Waals surface area contributed by atoms with Crippen LogP contribution in [0.2, 0.25) is 0 Å². The fourth-order valence-electron chi connectivity index (χ4n) is 1.85. The molecule has 1 aromatic heterocycles. The predicted molar refractivity (Wildman–Crippen MR) is 56.5 cm³/mol. The van der Waals surface area contributed by atoms with Crippen molar-refractivity contribution in [3.63, 3.8) is 0 Å². The fraction of sp³-hybridized carbons (Fsp3) is 0.727. The van der Waals surface area contributed by atoms with Gasteiger partial charge >= 0.3 is 0 Å². The molecule has 2 heterocycles. The summed E-state index contributed by atoms with van der Waals surface area (Å²) < 4.78 is 10.6. The van der Waals surface area contributed by atoms with E-state index >= 15 is 0 Å². The van der Waals surface area contributed by atoms with Gasteiger partial charge in [-0.1, -0.05) is 5.16 Å². The molecular formula is C11H18N2O2. The minimum absolute atomic E-state index is 0.467. The molecule has 0 radical (unpaired) electrons. The zero-order chi connectivity index (χ0) is 10.5. The van der Waals surface area contributed by atoms with Gasteiger partial charge in [0.15, 0.2) is 5.76 Å². The monoisotopic (exact) mass is 210 g/mol. The normalized spacial score (nSPS) is 21.0. The minimum atomic E-state index is 0.467. The number of ether oxygens (including phenoxy) is 1. The van der Waals surface area contributed by atoms with Gasteiger partial charge in [-0.3, -0.25) is 0 Å². The first kappa shape index (κ1) is 10.6. The number of nitrogens with one attached hydrogen (secondary N) is 1.